The molecule has 31 heavy (non-hydrogen) atoms. The molecular weight excluding hydrogens is 388 g/mol. The standard InChI is InChI=1S/C27H37O4/c1-16-20(13-21(28)14-24(16)29)9-6-18-5-4-12-27(3)22(10-11-23(18)27)17(2)25(30)15-26(31)19-7-8-19/h6,9,15,17,19,21-24,28-29H,1,4-5,7-8,10-14H2,2-3H3/b18-6+,20-9-/t17-,21+,22+,23?,24-,27+/m0/s1. The second-order valence-corrected chi connectivity index (χ2v) is 10.7. The second-order valence-electron chi connectivity index (χ2n) is 10.7. The lowest BCUT2D eigenvalue weighted by molar-refractivity contribution is -0.126. The van der Waals surface area contributed by atoms with Crippen molar-refractivity contribution < 1.29 is 19.8 Å². The van der Waals surface area contributed by atoms with Gasteiger partial charge in [0.25, 0.3) is 0 Å². The molecule has 0 bridgehead atoms. The van der Waals surface area contributed by atoms with Crippen LogP contribution >= 0.6 is 0 Å². The van der Waals surface area contributed by atoms with Crippen molar-refractivity contribution in [1.29, 1.82) is 0 Å². The molecular formula is C27H37O4. The smallest absolute Gasteiger partial charge is 0.147 e. The van der Waals surface area contributed by atoms with Crippen LogP contribution in [0.3, 0.4) is 0 Å². The number of aliphatic hydroxyl groups excluding tert-OH is 2. The average molecular weight is 426 g/mol. The first-order chi connectivity index (χ1) is 14.7. The van der Waals surface area contributed by atoms with Crippen LogP contribution in [0.25, 0.3) is 0 Å². The summed E-state index contributed by atoms with van der Waals surface area (Å²) in [5.74, 6) is 0.792. The lowest BCUT2D eigenvalue weighted by atomic mass is 9.60. The van der Waals surface area contributed by atoms with Crippen LogP contribution in [-0.4, -0.2) is 34.0 Å². The third-order valence-electron chi connectivity index (χ3n) is 8.62. The molecule has 1 radical (unpaired) electrons. The predicted molar refractivity (Wildman–Crippen MR) is 121 cm³/mol. The van der Waals surface area contributed by atoms with Crippen molar-refractivity contribution in [1.82, 2.24) is 0 Å². The normalized spacial score (nSPS) is 39.5. The van der Waals surface area contributed by atoms with Gasteiger partial charge in [-0.15, -0.1) is 0 Å². The molecule has 6 atom stereocenters. The van der Waals surface area contributed by atoms with Gasteiger partial charge in [-0.25, -0.2) is 0 Å². The van der Waals surface area contributed by atoms with E-state index in [-0.39, 0.29) is 28.8 Å². The Bertz CT molecular complexity index is 817. The number of hydrogen-bond donors (Lipinski definition) is 2. The first-order valence-corrected chi connectivity index (χ1v) is 12.1. The van der Waals surface area contributed by atoms with Gasteiger partial charge in [-0.3, -0.25) is 9.59 Å². The Morgan fingerprint density at radius 2 is 1.90 bits per heavy atom. The molecule has 1 unspecified atom stereocenters. The SMILES string of the molecule is C=C1/C(=C\C=C2/CCC[C@@]3(C)C2CC[C@@H]3[C@H](C)C(=O)[CH]C(=O)C2CC2)C[C@@H](O)C[C@@H]1O. The molecule has 4 aliphatic rings. The Labute approximate surface area is 186 Å². The van der Waals surface area contributed by atoms with Crippen molar-refractivity contribution in [3.8, 4) is 0 Å². The quantitative estimate of drug-likeness (QED) is 0.614. The van der Waals surface area contributed by atoms with Gasteiger partial charge in [0.1, 0.15) is 11.6 Å². The molecule has 2 N–H and O–H groups in total. The molecule has 169 valence electrons. The summed E-state index contributed by atoms with van der Waals surface area (Å²) in [5, 5.41) is 20.1. The highest BCUT2D eigenvalue weighted by atomic mass is 16.3. The number of ketones is 2. The number of aliphatic hydroxyl groups is 2. The average Bonchev–Trinajstić information content (AvgIpc) is 3.51. The van der Waals surface area contributed by atoms with Crippen molar-refractivity contribution in [2.24, 2.45) is 29.1 Å². The summed E-state index contributed by atoms with van der Waals surface area (Å²) < 4.78 is 0. The van der Waals surface area contributed by atoms with Gasteiger partial charge >= 0.3 is 0 Å². The predicted octanol–water partition coefficient (Wildman–Crippen LogP) is 4.52. The fourth-order valence-electron chi connectivity index (χ4n) is 6.52. The monoisotopic (exact) mass is 425 g/mol. The van der Waals surface area contributed by atoms with E-state index in [9.17, 15) is 19.8 Å². The van der Waals surface area contributed by atoms with E-state index in [2.05, 4.69) is 25.7 Å². The Balaban J connectivity index is 1.49. The number of hydrogen-bond acceptors (Lipinski definition) is 4. The Kier molecular flexibility index (Phi) is 6.42. The van der Waals surface area contributed by atoms with Gasteiger partial charge in [-0.05, 0) is 79.8 Å². The molecule has 4 saturated carbocycles. The van der Waals surface area contributed by atoms with E-state index in [0.717, 1.165) is 56.1 Å². The summed E-state index contributed by atoms with van der Waals surface area (Å²) in [7, 11) is 0. The fourth-order valence-corrected chi connectivity index (χ4v) is 6.52. The second kappa shape index (κ2) is 8.78. The van der Waals surface area contributed by atoms with E-state index >= 15 is 0 Å². The number of fused-ring (bicyclic) bond motifs is 1. The van der Waals surface area contributed by atoms with E-state index in [1.165, 1.54) is 12.0 Å². The first-order valence-electron chi connectivity index (χ1n) is 12.1. The molecule has 0 heterocycles. The van der Waals surface area contributed by atoms with Gasteiger partial charge in [-0.1, -0.05) is 38.2 Å². The number of carbonyl (C=O) groups is 2. The minimum absolute atomic E-state index is 0.0171. The zero-order chi connectivity index (χ0) is 22.3. The Morgan fingerprint density at radius 1 is 1.16 bits per heavy atom. The van der Waals surface area contributed by atoms with E-state index < -0.39 is 12.2 Å². The minimum atomic E-state index is -0.664. The first kappa shape index (κ1) is 22.7. The topological polar surface area (TPSA) is 74.6 Å². The lowest BCUT2D eigenvalue weighted by Crippen LogP contribution is -2.38. The van der Waals surface area contributed by atoms with Gasteiger partial charge in [-0.2, -0.15) is 0 Å². The molecule has 0 aliphatic heterocycles. The van der Waals surface area contributed by atoms with Gasteiger partial charge in [0.2, 0.25) is 0 Å². The Hall–Kier alpha value is -1.52. The van der Waals surface area contributed by atoms with Crippen LogP contribution in [0.1, 0.15) is 71.6 Å². The Morgan fingerprint density at radius 3 is 2.61 bits per heavy atom. The van der Waals surface area contributed by atoms with Crippen LogP contribution in [0.4, 0.5) is 0 Å². The summed E-state index contributed by atoms with van der Waals surface area (Å²) >= 11 is 0. The van der Waals surface area contributed by atoms with Crippen LogP contribution in [-0.2, 0) is 9.59 Å². The molecule has 0 saturated heterocycles. The number of carbonyl (C=O) groups excluding carboxylic acids is 2. The summed E-state index contributed by atoms with van der Waals surface area (Å²) in [4.78, 5) is 25.0. The minimum Gasteiger partial charge on any atom is -0.393 e. The maximum Gasteiger partial charge on any atom is 0.147 e. The zero-order valence-electron chi connectivity index (χ0n) is 19.0. The molecule has 0 aromatic rings. The van der Waals surface area contributed by atoms with Crippen molar-refractivity contribution in [2.75, 3.05) is 0 Å². The zero-order valence-corrected chi connectivity index (χ0v) is 19.0. The fraction of sp³-hybridized carbons (Fsp3) is 0.667. The molecule has 0 aromatic heterocycles. The van der Waals surface area contributed by atoms with Crippen molar-refractivity contribution in [2.45, 2.75) is 83.8 Å². The van der Waals surface area contributed by atoms with Gasteiger partial charge < -0.3 is 10.2 Å². The molecule has 4 fully saturated rings. The number of rotatable bonds is 6. The number of Topliss-reactive ketones (excluding diaryl/α,β-unsaturated/α-hetero) is 2. The van der Waals surface area contributed by atoms with Crippen LogP contribution in [0.2, 0.25) is 0 Å². The molecule has 4 nitrogen and oxygen atoms in total. The van der Waals surface area contributed by atoms with E-state index in [1.54, 1.807) is 0 Å². The highest BCUT2D eigenvalue weighted by molar-refractivity contribution is 6.12. The molecule has 0 spiro atoms. The molecule has 4 heteroatoms. The van der Waals surface area contributed by atoms with E-state index in [4.69, 9.17) is 0 Å². The highest BCUT2D eigenvalue weighted by Gasteiger charge is 2.52. The summed E-state index contributed by atoms with van der Waals surface area (Å²) in [6, 6.07) is 0. The number of allylic oxidation sites excluding steroid dienone is 3. The maximum atomic E-state index is 12.8. The third kappa shape index (κ3) is 4.52. The van der Waals surface area contributed by atoms with Crippen molar-refractivity contribution in [3.05, 3.63) is 41.9 Å². The lowest BCUT2D eigenvalue weighted by Gasteiger charge is -2.44. The highest BCUT2D eigenvalue weighted by Crippen LogP contribution is 2.59. The summed E-state index contributed by atoms with van der Waals surface area (Å²) in [6.45, 7) is 8.38. The summed E-state index contributed by atoms with van der Waals surface area (Å²) in [5.41, 5.74) is 3.16. The van der Waals surface area contributed by atoms with Crippen LogP contribution in [0.15, 0.2) is 35.5 Å². The third-order valence-corrected chi connectivity index (χ3v) is 8.62. The maximum absolute atomic E-state index is 12.8. The van der Waals surface area contributed by atoms with Crippen molar-refractivity contribution in [3.63, 3.8) is 0 Å². The molecule has 0 aromatic carbocycles. The van der Waals surface area contributed by atoms with Crippen LogP contribution in [0.5, 0.6) is 0 Å². The largest absolute Gasteiger partial charge is 0.393 e. The van der Waals surface area contributed by atoms with Crippen LogP contribution in [0, 0.1) is 35.5 Å². The van der Waals surface area contributed by atoms with E-state index in [1.807, 2.05) is 6.92 Å². The summed E-state index contributed by atoms with van der Waals surface area (Å²) in [6.07, 6.45) is 12.6. The van der Waals surface area contributed by atoms with Gasteiger partial charge in [0.15, 0.2) is 0 Å². The van der Waals surface area contributed by atoms with Crippen molar-refractivity contribution >= 4 is 11.6 Å². The van der Waals surface area contributed by atoms with E-state index in [0.29, 0.717) is 24.7 Å². The molecule has 4 aliphatic carbocycles. The van der Waals surface area contributed by atoms with Crippen LogP contribution < -0.4 is 0 Å². The molecule has 0 amide bonds. The van der Waals surface area contributed by atoms with Gasteiger partial charge in [0, 0.05) is 18.3 Å². The van der Waals surface area contributed by atoms with Gasteiger partial charge in [0.05, 0.1) is 18.6 Å². The molecule has 4 rings (SSSR count).